The lowest BCUT2D eigenvalue weighted by molar-refractivity contribution is 0.302. The maximum atomic E-state index is 5.58. The molecule has 0 amide bonds. The smallest absolute Gasteiger partial charge is 0.00205 e. The van der Waals surface area contributed by atoms with Crippen LogP contribution in [-0.4, -0.2) is 19.6 Å². The van der Waals surface area contributed by atoms with Crippen LogP contribution in [0.25, 0.3) is 0 Å². The second-order valence-electron chi connectivity index (χ2n) is 5.45. The molecule has 0 radical (unpaired) electrons. The van der Waals surface area contributed by atoms with E-state index in [2.05, 4.69) is 19.2 Å². The Kier molecular flexibility index (Phi) is 4.90. The van der Waals surface area contributed by atoms with E-state index in [0.717, 1.165) is 18.9 Å². The molecule has 0 aromatic rings. The summed E-state index contributed by atoms with van der Waals surface area (Å²) in [6, 6.07) is 0. The van der Waals surface area contributed by atoms with Gasteiger partial charge in [-0.2, -0.15) is 0 Å². The van der Waals surface area contributed by atoms with E-state index in [1.54, 1.807) is 0 Å². The molecular weight excluding hydrogens is 172 g/mol. The largest absolute Gasteiger partial charge is 0.330 e. The first-order valence-electron chi connectivity index (χ1n) is 6.05. The van der Waals surface area contributed by atoms with Gasteiger partial charge in [-0.1, -0.05) is 13.8 Å². The van der Waals surface area contributed by atoms with E-state index in [-0.39, 0.29) is 0 Å². The molecule has 0 bridgehead atoms. The SMILES string of the molecule is CC(C)(CCN)CCCNCC1CC1. The van der Waals surface area contributed by atoms with Crippen LogP contribution < -0.4 is 11.1 Å². The van der Waals surface area contributed by atoms with Gasteiger partial charge in [-0.3, -0.25) is 0 Å². The average Bonchev–Trinajstić information content (AvgIpc) is 2.87. The zero-order valence-electron chi connectivity index (χ0n) is 9.81. The number of hydrogen-bond donors (Lipinski definition) is 2. The second kappa shape index (κ2) is 5.72. The van der Waals surface area contributed by atoms with Crippen LogP contribution in [0.2, 0.25) is 0 Å². The number of hydrogen-bond acceptors (Lipinski definition) is 2. The molecule has 0 aliphatic heterocycles. The van der Waals surface area contributed by atoms with Crippen LogP contribution >= 0.6 is 0 Å². The molecular formula is C12H26N2. The topological polar surface area (TPSA) is 38.0 Å². The van der Waals surface area contributed by atoms with Gasteiger partial charge in [0.05, 0.1) is 0 Å². The summed E-state index contributed by atoms with van der Waals surface area (Å²) in [5.74, 6) is 1.01. The Morgan fingerprint density at radius 3 is 2.57 bits per heavy atom. The Bertz CT molecular complexity index is 150. The van der Waals surface area contributed by atoms with Crippen molar-refractivity contribution < 1.29 is 0 Å². The van der Waals surface area contributed by atoms with Gasteiger partial charge in [-0.25, -0.2) is 0 Å². The molecule has 2 heteroatoms. The molecule has 84 valence electrons. The normalized spacial score (nSPS) is 17.4. The van der Waals surface area contributed by atoms with Crippen LogP contribution in [0.4, 0.5) is 0 Å². The van der Waals surface area contributed by atoms with Crippen molar-refractivity contribution in [2.45, 2.75) is 46.0 Å². The zero-order chi connectivity index (χ0) is 10.4. The van der Waals surface area contributed by atoms with Crippen LogP contribution in [0, 0.1) is 11.3 Å². The molecule has 3 N–H and O–H groups in total. The number of nitrogens with one attached hydrogen (secondary N) is 1. The minimum absolute atomic E-state index is 0.440. The lowest BCUT2D eigenvalue weighted by Crippen LogP contribution is -2.22. The molecule has 0 heterocycles. The summed E-state index contributed by atoms with van der Waals surface area (Å²) in [6.45, 7) is 7.89. The third-order valence-corrected chi connectivity index (χ3v) is 3.16. The van der Waals surface area contributed by atoms with Crippen LogP contribution in [-0.2, 0) is 0 Å². The first-order chi connectivity index (χ1) is 6.64. The lowest BCUT2D eigenvalue weighted by atomic mass is 9.84. The summed E-state index contributed by atoms with van der Waals surface area (Å²) < 4.78 is 0. The van der Waals surface area contributed by atoms with Gasteiger partial charge in [0.2, 0.25) is 0 Å². The summed E-state index contributed by atoms with van der Waals surface area (Å²) in [5.41, 5.74) is 6.02. The molecule has 0 spiro atoms. The third-order valence-electron chi connectivity index (χ3n) is 3.16. The highest BCUT2D eigenvalue weighted by Gasteiger charge is 2.20. The van der Waals surface area contributed by atoms with Crippen molar-refractivity contribution in [1.29, 1.82) is 0 Å². The van der Waals surface area contributed by atoms with Gasteiger partial charge in [-0.15, -0.1) is 0 Å². The van der Waals surface area contributed by atoms with Gasteiger partial charge < -0.3 is 11.1 Å². The first-order valence-corrected chi connectivity index (χ1v) is 6.05. The molecule has 0 saturated heterocycles. The predicted octanol–water partition coefficient (Wildman–Crippen LogP) is 2.14. The van der Waals surface area contributed by atoms with Crippen LogP contribution in [0.1, 0.15) is 46.0 Å². The van der Waals surface area contributed by atoms with Crippen molar-refractivity contribution in [3.05, 3.63) is 0 Å². The van der Waals surface area contributed by atoms with Gasteiger partial charge in [0, 0.05) is 0 Å². The Morgan fingerprint density at radius 1 is 1.29 bits per heavy atom. The monoisotopic (exact) mass is 198 g/mol. The van der Waals surface area contributed by atoms with Crippen molar-refractivity contribution in [1.82, 2.24) is 5.32 Å². The molecule has 0 aromatic carbocycles. The van der Waals surface area contributed by atoms with E-state index >= 15 is 0 Å². The summed E-state index contributed by atoms with van der Waals surface area (Å²) in [4.78, 5) is 0. The number of nitrogens with two attached hydrogens (primary N) is 1. The molecule has 1 rings (SSSR count). The van der Waals surface area contributed by atoms with Crippen LogP contribution in [0.5, 0.6) is 0 Å². The molecule has 2 nitrogen and oxygen atoms in total. The Labute approximate surface area is 88.6 Å². The standard InChI is InChI=1S/C12H26N2/c1-12(2,7-8-13)6-3-9-14-10-11-4-5-11/h11,14H,3-10,13H2,1-2H3. The van der Waals surface area contributed by atoms with E-state index in [1.165, 1.54) is 38.8 Å². The van der Waals surface area contributed by atoms with E-state index < -0.39 is 0 Å². The van der Waals surface area contributed by atoms with E-state index in [0.29, 0.717) is 5.41 Å². The Morgan fingerprint density at radius 2 is 2.00 bits per heavy atom. The molecule has 1 aliphatic rings. The highest BCUT2D eigenvalue weighted by Crippen LogP contribution is 2.28. The highest BCUT2D eigenvalue weighted by atomic mass is 14.9. The maximum absolute atomic E-state index is 5.58. The van der Waals surface area contributed by atoms with Crippen LogP contribution in [0.3, 0.4) is 0 Å². The average molecular weight is 198 g/mol. The summed E-state index contributed by atoms with van der Waals surface area (Å²) in [5, 5.41) is 3.53. The molecule has 1 aliphatic carbocycles. The fourth-order valence-corrected chi connectivity index (χ4v) is 1.84. The molecule has 1 saturated carbocycles. The fourth-order valence-electron chi connectivity index (χ4n) is 1.84. The maximum Gasteiger partial charge on any atom is -0.00205 e. The Hall–Kier alpha value is -0.0800. The van der Waals surface area contributed by atoms with Crippen molar-refractivity contribution in [3.63, 3.8) is 0 Å². The molecule has 0 atom stereocenters. The number of rotatable bonds is 8. The van der Waals surface area contributed by atoms with Gasteiger partial charge in [-0.05, 0) is 63.1 Å². The second-order valence-corrected chi connectivity index (χ2v) is 5.45. The van der Waals surface area contributed by atoms with Gasteiger partial charge in [0.1, 0.15) is 0 Å². The summed E-state index contributed by atoms with van der Waals surface area (Å²) in [7, 11) is 0. The predicted molar refractivity (Wildman–Crippen MR) is 62.3 cm³/mol. The minimum atomic E-state index is 0.440. The van der Waals surface area contributed by atoms with Gasteiger partial charge in [0.25, 0.3) is 0 Å². The van der Waals surface area contributed by atoms with Crippen molar-refractivity contribution in [3.8, 4) is 0 Å². The lowest BCUT2D eigenvalue weighted by Gasteiger charge is -2.23. The van der Waals surface area contributed by atoms with Crippen molar-refractivity contribution in [2.75, 3.05) is 19.6 Å². The van der Waals surface area contributed by atoms with Crippen molar-refractivity contribution >= 4 is 0 Å². The van der Waals surface area contributed by atoms with E-state index in [4.69, 9.17) is 5.73 Å². The van der Waals surface area contributed by atoms with Crippen molar-refractivity contribution in [2.24, 2.45) is 17.1 Å². The first kappa shape index (κ1) is 12.0. The third kappa shape index (κ3) is 5.61. The molecule has 14 heavy (non-hydrogen) atoms. The highest BCUT2D eigenvalue weighted by molar-refractivity contribution is 4.75. The fraction of sp³-hybridized carbons (Fsp3) is 1.00. The van der Waals surface area contributed by atoms with Gasteiger partial charge in [0.15, 0.2) is 0 Å². The summed E-state index contributed by atoms with van der Waals surface area (Å²) in [6.07, 6.45) is 6.63. The molecule has 0 unspecified atom stereocenters. The van der Waals surface area contributed by atoms with E-state index in [1.807, 2.05) is 0 Å². The zero-order valence-corrected chi connectivity index (χ0v) is 9.81. The summed E-state index contributed by atoms with van der Waals surface area (Å²) >= 11 is 0. The Balaban J connectivity index is 1.90. The molecule has 0 aromatic heterocycles. The van der Waals surface area contributed by atoms with Crippen LogP contribution in [0.15, 0.2) is 0 Å². The van der Waals surface area contributed by atoms with E-state index in [9.17, 15) is 0 Å². The molecule has 1 fully saturated rings. The van der Waals surface area contributed by atoms with Gasteiger partial charge >= 0.3 is 0 Å². The quantitative estimate of drug-likeness (QED) is 0.586. The minimum Gasteiger partial charge on any atom is -0.330 e.